The van der Waals surface area contributed by atoms with Gasteiger partial charge in [-0.1, -0.05) is 6.92 Å². The first-order valence-electron chi connectivity index (χ1n) is 7.06. The predicted molar refractivity (Wildman–Crippen MR) is 83.0 cm³/mol. The fourth-order valence-electron chi connectivity index (χ4n) is 2.47. The minimum atomic E-state index is 0.0341. The number of aromatic nitrogens is 2. The maximum absolute atomic E-state index is 5.35. The van der Waals surface area contributed by atoms with Crippen molar-refractivity contribution in [3.05, 3.63) is 41.2 Å². The lowest BCUT2D eigenvalue weighted by Gasteiger charge is -2.18. The highest BCUT2D eigenvalue weighted by Crippen LogP contribution is 2.30. The first kappa shape index (κ1) is 15.4. The number of hydrogen-bond donors (Lipinski definition) is 1. The molecule has 0 saturated heterocycles. The van der Waals surface area contributed by atoms with E-state index in [1.54, 1.807) is 14.2 Å². The van der Waals surface area contributed by atoms with Gasteiger partial charge in [0.05, 0.1) is 31.6 Å². The normalized spacial score (nSPS) is 12.2. The fourth-order valence-corrected chi connectivity index (χ4v) is 2.47. The highest BCUT2D eigenvalue weighted by Gasteiger charge is 2.18. The van der Waals surface area contributed by atoms with Crippen molar-refractivity contribution in [1.29, 1.82) is 0 Å². The Balaban J connectivity index is 2.47. The molecule has 5 heteroatoms. The number of methoxy groups -OCH3 is 2. The molecule has 2 aromatic rings. The van der Waals surface area contributed by atoms with Gasteiger partial charge in [0, 0.05) is 13.1 Å². The molecule has 1 atom stereocenters. The molecule has 0 amide bonds. The molecule has 2 rings (SSSR count). The molecule has 0 spiro atoms. The second kappa shape index (κ2) is 6.63. The summed E-state index contributed by atoms with van der Waals surface area (Å²) < 4.78 is 12.6. The third-order valence-corrected chi connectivity index (χ3v) is 3.62. The van der Waals surface area contributed by atoms with E-state index in [4.69, 9.17) is 9.47 Å². The second-order valence-electron chi connectivity index (χ2n) is 4.91. The fraction of sp³-hybridized carbons (Fsp3) is 0.438. The average molecular weight is 289 g/mol. The van der Waals surface area contributed by atoms with Gasteiger partial charge < -0.3 is 14.8 Å². The predicted octanol–water partition coefficient (Wildman–Crippen LogP) is 2.31. The Morgan fingerprint density at radius 1 is 1.14 bits per heavy atom. The Morgan fingerprint density at radius 3 is 2.19 bits per heavy atom. The first-order valence-corrected chi connectivity index (χ1v) is 7.06. The van der Waals surface area contributed by atoms with Crippen LogP contribution in [-0.4, -0.2) is 31.0 Å². The van der Waals surface area contributed by atoms with Crippen LogP contribution in [0.4, 0.5) is 0 Å². The molecule has 0 saturated carbocycles. The van der Waals surface area contributed by atoms with Crippen molar-refractivity contribution in [3.63, 3.8) is 0 Å². The second-order valence-corrected chi connectivity index (χ2v) is 4.91. The van der Waals surface area contributed by atoms with Crippen molar-refractivity contribution in [2.24, 2.45) is 7.05 Å². The quantitative estimate of drug-likeness (QED) is 0.886. The van der Waals surface area contributed by atoms with E-state index < -0.39 is 0 Å². The largest absolute Gasteiger partial charge is 0.497 e. The van der Waals surface area contributed by atoms with Crippen LogP contribution in [0.1, 0.15) is 29.9 Å². The average Bonchev–Trinajstić information content (AvgIpc) is 2.89. The van der Waals surface area contributed by atoms with Crippen LogP contribution in [0.3, 0.4) is 0 Å². The molecule has 5 nitrogen and oxygen atoms in total. The molecule has 1 unspecified atom stereocenters. The summed E-state index contributed by atoms with van der Waals surface area (Å²) in [5.41, 5.74) is 3.28. The van der Waals surface area contributed by atoms with Gasteiger partial charge in [-0.3, -0.25) is 4.68 Å². The monoisotopic (exact) mass is 289 g/mol. The summed E-state index contributed by atoms with van der Waals surface area (Å²) in [6, 6.07) is 8.07. The molecule has 0 bridgehead atoms. The number of aryl methyl sites for hydroxylation is 2. The molecule has 1 aromatic carbocycles. The van der Waals surface area contributed by atoms with E-state index >= 15 is 0 Å². The highest BCUT2D eigenvalue weighted by atomic mass is 16.5. The van der Waals surface area contributed by atoms with E-state index in [1.807, 2.05) is 37.0 Å². The molecule has 21 heavy (non-hydrogen) atoms. The van der Waals surface area contributed by atoms with E-state index in [2.05, 4.69) is 23.4 Å². The summed E-state index contributed by atoms with van der Waals surface area (Å²) in [4.78, 5) is 0. The van der Waals surface area contributed by atoms with Crippen LogP contribution in [0, 0.1) is 0 Å². The van der Waals surface area contributed by atoms with Crippen LogP contribution in [0.15, 0.2) is 24.3 Å². The van der Waals surface area contributed by atoms with Crippen molar-refractivity contribution in [2.45, 2.75) is 19.4 Å². The summed E-state index contributed by atoms with van der Waals surface area (Å²) in [5, 5.41) is 7.87. The molecule has 0 radical (unpaired) electrons. The van der Waals surface area contributed by atoms with E-state index in [0.717, 1.165) is 34.9 Å². The molecule has 0 aliphatic carbocycles. The maximum atomic E-state index is 5.35. The molecular formula is C16H23N3O2. The molecule has 0 aliphatic rings. The zero-order valence-corrected chi connectivity index (χ0v) is 13.3. The van der Waals surface area contributed by atoms with Gasteiger partial charge >= 0.3 is 0 Å². The van der Waals surface area contributed by atoms with Crippen molar-refractivity contribution < 1.29 is 9.47 Å². The van der Waals surface area contributed by atoms with Crippen LogP contribution < -0.4 is 14.8 Å². The van der Waals surface area contributed by atoms with Crippen LogP contribution in [0.2, 0.25) is 0 Å². The Labute approximate surface area is 125 Å². The number of ether oxygens (including phenoxy) is 2. The lowest BCUT2D eigenvalue weighted by atomic mass is 10.0. The zero-order chi connectivity index (χ0) is 15.4. The number of nitrogens with zero attached hydrogens (tertiary/aromatic N) is 2. The van der Waals surface area contributed by atoms with Gasteiger partial charge in [0.15, 0.2) is 0 Å². The molecule has 1 heterocycles. The maximum Gasteiger partial charge on any atom is 0.122 e. The molecular weight excluding hydrogens is 266 g/mol. The topological polar surface area (TPSA) is 48.3 Å². The van der Waals surface area contributed by atoms with E-state index in [-0.39, 0.29) is 6.04 Å². The van der Waals surface area contributed by atoms with Crippen LogP contribution in [0.5, 0.6) is 11.5 Å². The number of hydrogen-bond acceptors (Lipinski definition) is 4. The lowest BCUT2D eigenvalue weighted by molar-refractivity contribution is 0.392. The van der Waals surface area contributed by atoms with Gasteiger partial charge in [-0.25, -0.2) is 0 Å². The van der Waals surface area contributed by atoms with Gasteiger partial charge in [-0.2, -0.15) is 5.10 Å². The van der Waals surface area contributed by atoms with Crippen molar-refractivity contribution >= 4 is 0 Å². The van der Waals surface area contributed by atoms with Crippen molar-refractivity contribution in [3.8, 4) is 11.5 Å². The third kappa shape index (κ3) is 3.19. The van der Waals surface area contributed by atoms with E-state index in [9.17, 15) is 0 Å². The minimum absolute atomic E-state index is 0.0341. The van der Waals surface area contributed by atoms with Crippen molar-refractivity contribution in [2.75, 3.05) is 21.3 Å². The highest BCUT2D eigenvalue weighted by molar-refractivity contribution is 5.42. The van der Waals surface area contributed by atoms with Crippen LogP contribution in [-0.2, 0) is 13.5 Å². The standard InChI is InChI=1S/C16H23N3O2/c1-6-12-9-15(19(3)18-12)16(17-2)11-7-13(20-4)10-14(8-11)21-5/h7-10,16-17H,6H2,1-5H3. The summed E-state index contributed by atoms with van der Waals surface area (Å²) >= 11 is 0. The summed E-state index contributed by atoms with van der Waals surface area (Å²) in [6.07, 6.45) is 0.922. The van der Waals surface area contributed by atoms with E-state index in [0.29, 0.717) is 0 Å². The Bertz CT molecular complexity index is 585. The number of benzene rings is 1. The van der Waals surface area contributed by atoms with Crippen LogP contribution in [0.25, 0.3) is 0 Å². The Kier molecular flexibility index (Phi) is 4.85. The first-order chi connectivity index (χ1) is 10.1. The molecule has 1 N–H and O–H groups in total. The van der Waals surface area contributed by atoms with Gasteiger partial charge in [-0.05, 0) is 37.2 Å². The Morgan fingerprint density at radius 2 is 1.76 bits per heavy atom. The zero-order valence-electron chi connectivity index (χ0n) is 13.3. The van der Waals surface area contributed by atoms with Gasteiger partial charge in [0.1, 0.15) is 11.5 Å². The molecule has 114 valence electrons. The van der Waals surface area contributed by atoms with Crippen LogP contribution >= 0.6 is 0 Å². The SMILES string of the molecule is CCc1cc(C(NC)c2cc(OC)cc(OC)c2)n(C)n1. The minimum Gasteiger partial charge on any atom is -0.497 e. The smallest absolute Gasteiger partial charge is 0.122 e. The third-order valence-electron chi connectivity index (χ3n) is 3.62. The molecule has 1 aromatic heterocycles. The van der Waals surface area contributed by atoms with E-state index in [1.165, 1.54) is 0 Å². The summed E-state index contributed by atoms with van der Waals surface area (Å²) in [6.45, 7) is 2.11. The molecule has 0 aliphatic heterocycles. The Hall–Kier alpha value is -2.01. The number of nitrogens with one attached hydrogen (secondary N) is 1. The van der Waals surface area contributed by atoms with Gasteiger partial charge in [0.2, 0.25) is 0 Å². The lowest BCUT2D eigenvalue weighted by Crippen LogP contribution is -2.20. The van der Waals surface area contributed by atoms with Crippen molar-refractivity contribution in [1.82, 2.24) is 15.1 Å². The van der Waals surface area contributed by atoms with Gasteiger partial charge in [-0.15, -0.1) is 0 Å². The number of rotatable bonds is 6. The van der Waals surface area contributed by atoms with Gasteiger partial charge in [0.25, 0.3) is 0 Å². The summed E-state index contributed by atoms with van der Waals surface area (Å²) in [7, 11) is 7.23. The summed E-state index contributed by atoms with van der Waals surface area (Å²) in [5.74, 6) is 1.56. The molecule has 0 fully saturated rings.